The Morgan fingerprint density at radius 2 is 2.05 bits per heavy atom. The molecule has 0 atom stereocenters. The van der Waals surface area contributed by atoms with Gasteiger partial charge >= 0.3 is 0 Å². The van der Waals surface area contributed by atoms with Crippen LogP contribution in [0.15, 0.2) is 18.2 Å². The zero-order valence-corrected chi connectivity index (χ0v) is 12.3. The summed E-state index contributed by atoms with van der Waals surface area (Å²) < 4.78 is 0. The van der Waals surface area contributed by atoms with Gasteiger partial charge in [0.2, 0.25) is 0 Å². The number of hydrogen-bond acceptors (Lipinski definition) is 4. The molecule has 1 aromatic carbocycles. The van der Waals surface area contributed by atoms with E-state index < -0.39 is 10.5 Å². The molecule has 0 unspecified atom stereocenters. The fourth-order valence-corrected chi connectivity index (χ4v) is 2.86. The normalized spacial score (nSPS) is 16.7. The minimum atomic E-state index is -0.820. The van der Waals surface area contributed by atoms with Crippen LogP contribution in [0.5, 0.6) is 0 Å². The highest BCUT2D eigenvalue weighted by molar-refractivity contribution is 5.96. The maximum absolute atomic E-state index is 12.5. The number of hydrogen-bond donors (Lipinski definition) is 1. The van der Waals surface area contributed by atoms with Gasteiger partial charge in [-0.05, 0) is 25.3 Å². The molecule has 1 amide bonds. The number of non-ortho nitro benzene ring substituents is 1. The third kappa shape index (κ3) is 3.39. The molecule has 114 valence electrons. The number of nitrogens with zero attached hydrogens (tertiary/aromatic N) is 2. The van der Waals surface area contributed by atoms with Gasteiger partial charge in [-0.2, -0.15) is 0 Å². The molecule has 21 heavy (non-hydrogen) atoms. The molecule has 1 aliphatic carbocycles. The number of nitro groups is 1. The van der Waals surface area contributed by atoms with Gasteiger partial charge in [-0.15, -0.1) is 0 Å². The molecule has 0 saturated heterocycles. The summed E-state index contributed by atoms with van der Waals surface area (Å²) >= 11 is 0. The highest BCUT2D eigenvalue weighted by Crippen LogP contribution is 2.30. The third-order valence-corrected chi connectivity index (χ3v) is 4.07. The lowest BCUT2D eigenvalue weighted by molar-refractivity contribution is -0.384. The SMILES string of the molecule is Cc1ccc([N+](=O)[O-])cc1C(=O)N(C)CC1(O)CCCC1. The van der Waals surface area contributed by atoms with E-state index in [4.69, 9.17) is 0 Å². The fraction of sp³-hybridized carbons (Fsp3) is 0.533. The van der Waals surface area contributed by atoms with E-state index in [1.165, 1.54) is 17.0 Å². The number of aryl methyl sites for hydroxylation is 1. The standard InChI is InChI=1S/C15H20N2O4/c1-11-5-6-12(17(20)21)9-13(11)14(18)16(2)10-15(19)7-3-4-8-15/h5-6,9,19H,3-4,7-8,10H2,1-2H3. The van der Waals surface area contributed by atoms with E-state index in [1.807, 2.05) is 0 Å². The highest BCUT2D eigenvalue weighted by atomic mass is 16.6. The molecular formula is C15H20N2O4. The number of rotatable bonds is 4. The van der Waals surface area contributed by atoms with Crippen molar-refractivity contribution in [3.05, 3.63) is 39.4 Å². The summed E-state index contributed by atoms with van der Waals surface area (Å²) in [5, 5.41) is 21.2. The molecule has 1 aromatic rings. The Hall–Kier alpha value is -1.95. The van der Waals surface area contributed by atoms with Crippen LogP contribution in [0, 0.1) is 17.0 Å². The van der Waals surface area contributed by atoms with Crippen LogP contribution in [-0.4, -0.2) is 40.0 Å². The lowest BCUT2D eigenvalue weighted by Gasteiger charge is -2.29. The van der Waals surface area contributed by atoms with Crippen molar-refractivity contribution >= 4 is 11.6 Å². The Bertz CT molecular complexity index is 565. The van der Waals surface area contributed by atoms with Crippen LogP contribution in [0.25, 0.3) is 0 Å². The largest absolute Gasteiger partial charge is 0.388 e. The number of amides is 1. The van der Waals surface area contributed by atoms with Crippen LogP contribution in [0.2, 0.25) is 0 Å². The summed E-state index contributed by atoms with van der Waals surface area (Å²) in [6, 6.07) is 4.26. The van der Waals surface area contributed by atoms with E-state index in [0.717, 1.165) is 12.8 Å². The van der Waals surface area contributed by atoms with E-state index in [-0.39, 0.29) is 18.1 Å². The first-order valence-corrected chi connectivity index (χ1v) is 7.05. The Morgan fingerprint density at radius 1 is 1.43 bits per heavy atom. The molecule has 0 aromatic heterocycles. The zero-order valence-electron chi connectivity index (χ0n) is 12.3. The topological polar surface area (TPSA) is 83.7 Å². The number of aliphatic hydroxyl groups is 1. The molecule has 0 aliphatic heterocycles. The first-order chi connectivity index (χ1) is 9.82. The number of nitro benzene ring substituents is 1. The maximum Gasteiger partial charge on any atom is 0.270 e. The molecule has 2 rings (SSSR count). The molecule has 6 heteroatoms. The minimum Gasteiger partial charge on any atom is -0.388 e. The number of carbonyl (C=O) groups is 1. The third-order valence-electron chi connectivity index (χ3n) is 4.07. The summed E-state index contributed by atoms with van der Waals surface area (Å²) in [7, 11) is 1.62. The van der Waals surface area contributed by atoms with Crippen LogP contribution >= 0.6 is 0 Å². The average Bonchev–Trinajstić information content (AvgIpc) is 2.84. The molecule has 0 spiro atoms. The second-order valence-electron chi connectivity index (χ2n) is 5.85. The fourth-order valence-electron chi connectivity index (χ4n) is 2.86. The summed E-state index contributed by atoms with van der Waals surface area (Å²) in [5.41, 5.74) is 0.0834. The number of carbonyl (C=O) groups excluding carboxylic acids is 1. The summed E-state index contributed by atoms with van der Waals surface area (Å²) in [5.74, 6) is -0.295. The van der Waals surface area contributed by atoms with E-state index in [2.05, 4.69) is 0 Å². The predicted molar refractivity (Wildman–Crippen MR) is 78.2 cm³/mol. The van der Waals surface area contributed by atoms with Gasteiger partial charge in [-0.3, -0.25) is 14.9 Å². The van der Waals surface area contributed by atoms with Crippen molar-refractivity contribution in [2.24, 2.45) is 0 Å². The van der Waals surface area contributed by atoms with Crippen molar-refractivity contribution in [3.8, 4) is 0 Å². The van der Waals surface area contributed by atoms with Gasteiger partial charge in [0.25, 0.3) is 11.6 Å². The van der Waals surface area contributed by atoms with Gasteiger partial charge in [0.15, 0.2) is 0 Å². The van der Waals surface area contributed by atoms with Gasteiger partial charge < -0.3 is 10.0 Å². The Kier molecular flexibility index (Phi) is 4.27. The molecule has 0 radical (unpaired) electrons. The van der Waals surface area contributed by atoms with Crippen LogP contribution in [0.1, 0.15) is 41.6 Å². The van der Waals surface area contributed by atoms with Gasteiger partial charge in [0.05, 0.1) is 10.5 Å². The maximum atomic E-state index is 12.5. The highest BCUT2D eigenvalue weighted by Gasteiger charge is 2.34. The summed E-state index contributed by atoms with van der Waals surface area (Å²) in [4.78, 5) is 24.2. The Labute approximate surface area is 123 Å². The van der Waals surface area contributed by atoms with E-state index >= 15 is 0 Å². The van der Waals surface area contributed by atoms with Crippen LogP contribution in [-0.2, 0) is 0 Å². The predicted octanol–water partition coefficient (Wildman–Crippen LogP) is 2.28. The van der Waals surface area contributed by atoms with E-state index in [1.54, 1.807) is 20.0 Å². The number of benzene rings is 1. The Morgan fingerprint density at radius 3 is 2.62 bits per heavy atom. The molecule has 1 saturated carbocycles. The lowest BCUT2D eigenvalue weighted by atomic mass is 10.0. The second-order valence-corrected chi connectivity index (χ2v) is 5.85. The van der Waals surface area contributed by atoms with Crippen molar-refractivity contribution in [3.63, 3.8) is 0 Å². The molecular weight excluding hydrogens is 272 g/mol. The van der Waals surface area contributed by atoms with Crippen molar-refractivity contribution in [2.75, 3.05) is 13.6 Å². The van der Waals surface area contributed by atoms with Gasteiger partial charge in [0, 0.05) is 31.3 Å². The number of likely N-dealkylation sites (N-methyl/N-ethyl adjacent to an activating group) is 1. The van der Waals surface area contributed by atoms with Crippen molar-refractivity contribution < 1.29 is 14.8 Å². The molecule has 1 fully saturated rings. The molecule has 1 N–H and O–H groups in total. The monoisotopic (exact) mass is 292 g/mol. The van der Waals surface area contributed by atoms with Gasteiger partial charge in [-0.25, -0.2) is 0 Å². The van der Waals surface area contributed by atoms with Crippen molar-refractivity contribution in [1.29, 1.82) is 0 Å². The quantitative estimate of drug-likeness (QED) is 0.681. The zero-order chi connectivity index (χ0) is 15.6. The molecule has 0 bridgehead atoms. The summed E-state index contributed by atoms with van der Waals surface area (Å²) in [6.07, 6.45) is 3.32. The Balaban J connectivity index is 2.18. The van der Waals surface area contributed by atoms with Crippen molar-refractivity contribution in [2.45, 2.75) is 38.2 Å². The smallest absolute Gasteiger partial charge is 0.270 e. The van der Waals surface area contributed by atoms with Crippen LogP contribution in [0.4, 0.5) is 5.69 Å². The van der Waals surface area contributed by atoms with Crippen LogP contribution in [0.3, 0.4) is 0 Å². The lowest BCUT2D eigenvalue weighted by Crippen LogP contribution is -2.42. The van der Waals surface area contributed by atoms with Crippen LogP contribution < -0.4 is 0 Å². The summed E-state index contributed by atoms with van der Waals surface area (Å²) in [6.45, 7) is 2.00. The van der Waals surface area contributed by atoms with E-state index in [9.17, 15) is 20.0 Å². The molecule has 1 aliphatic rings. The first kappa shape index (κ1) is 15.4. The average molecular weight is 292 g/mol. The minimum absolute atomic E-state index is 0.100. The van der Waals surface area contributed by atoms with Gasteiger partial charge in [-0.1, -0.05) is 18.9 Å². The molecule has 0 heterocycles. The molecule has 6 nitrogen and oxygen atoms in total. The van der Waals surface area contributed by atoms with Crippen molar-refractivity contribution in [1.82, 2.24) is 4.90 Å². The second kappa shape index (κ2) is 5.81. The van der Waals surface area contributed by atoms with E-state index in [0.29, 0.717) is 24.0 Å². The first-order valence-electron chi connectivity index (χ1n) is 7.05. The van der Waals surface area contributed by atoms with Gasteiger partial charge in [0.1, 0.15) is 0 Å².